The Balaban J connectivity index is 1.79. The van der Waals surface area contributed by atoms with Crippen LogP contribution in [0, 0.1) is 13.8 Å². The Morgan fingerprint density at radius 2 is 1.94 bits per heavy atom. The number of nitrogens with zero attached hydrogens (tertiary/aromatic N) is 1. The van der Waals surface area contributed by atoms with Crippen molar-refractivity contribution in [2.45, 2.75) is 32.9 Å². The largest absolute Gasteiger partial charge is 0.450 e. The van der Waals surface area contributed by atoms with Gasteiger partial charge in [-0.3, -0.25) is 9.59 Å². The predicted octanol–water partition coefficient (Wildman–Crippen LogP) is 3.89. The molecule has 1 saturated heterocycles. The number of rotatable bonds is 4. The van der Waals surface area contributed by atoms with E-state index in [0.29, 0.717) is 28.0 Å². The van der Waals surface area contributed by atoms with Crippen LogP contribution in [0.2, 0.25) is 5.02 Å². The molecule has 162 valence electrons. The molecule has 0 aliphatic carbocycles. The van der Waals surface area contributed by atoms with E-state index >= 15 is 0 Å². The van der Waals surface area contributed by atoms with Crippen molar-refractivity contribution in [3.05, 3.63) is 80.2 Å². The van der Waals surface area contributed by atoms with Gasteiger partial charge in [0.05, 0.1) is 16.9 Å². The lowest BCUT2D eigenvalue weighted by atomic mass is 10.1. The van der Waals surface area contributed by atoms with Crippen LogP contribution in [0.25, 0.3) is 11.0 Å². The monoisotopic (exact) mass is 459 g/mol. The fourth-order valence-corrected chi connectivity index (χ4v) is 5.82. The van der Waals surface area contributed by atoms with Gasteiger partial charge in [0.15, 0.2) is 21.0 Å². The SMILES string of the molecule is Cc1ccc2c(=O)cc(C(=O)N(Cc3ccccc3Cl)C3CCS(=O)(=O)C3)oc2c1C. The lowest BCUT2D eigenvalue weighted by Gasteiger charge is -2.28. The third-order valence-electron chi connectivity index (χ3n) is 5.84. The number of carbonyl (C=O) groups is 1. The average Bonchev–Trinajstić information content (AvgIpc) is 3.09. The van der Waals surface area contributed by atoms with Gasteiger partial charge in [-0.1, -0.05) is 35.9 Å². The van der Waals surface area contributed by atoms with E-state index in [1.54, 1.807) is 30.3 Å². The van der Waals surface area contributed by atoms with Gasteiger partial charge in [0.25, 0.3) is 5.91 Å². The zero-order valence-corrected chi connectivity index (χ0v) is 18.8. The average molecular weight is 460 g/mol. The molecular weight excluding hydrogens is 438 g/mol. The molecule has 1 atom stereocenters. The molecule has 1 aliphatic rings. The molecule has 2 heterocycles. The Labute approximate surface area is 185 Å². The minimum absolute atomic E-state index is 0.0178. The van der Waals surface area contributed by atoms with Gasteiger partial charge in [0.1, 0.15) is 5.58 Å². The Bertz CT molecular complexity index is 1350. The Morgan fingerprint density at radius 1 is 1.19 bits per heavy atom. The molecule has 0 saturated carbocycles. The standard InChI is InChI=1S/C23H22ClNO5S/c1-14-7-8-18-20(26)11-21(30-22(18)15(14)2)23(27)25(17-9-10-31(28,29)13-17)12-16-5-3-4-6-19(16)24/h3-8,11,17H,9-10,12-13H2,1-2H3. The van der Waals surface area contributed by atoms with Crippen molar-refractivity contribution in [1.29, 1.82) is 0 Å². The highest BCUT2D eigenvalue weighted by Crippen LogP contribution is 2.26. The zero-order chi connectivity index (χ0) is 22.3. The molecule has 0 bridgehead atoms. The van der Waals surface area contributed by atoms with Crippen LogP contribution in [-0.2, 0) is 16.4 Å². The number of carbonyl (C=O) groups excluding carboxylic acids is 1. The van der Waals surface area contributed by atoms with E-state index in [2.05, 4.69) is 0 Å². The third-order valence-corrected chi connectivity index (χ3v) is 7.95. The van der Waals surface area contributed by atoms with Crippen molar-refractivity contribution in [2.75, 3.05) is 11.5 Å². The molecule has 0 radical (unpaired) electrons. The van der Waals surface area contributed by atoms with E-state index in [0.717, 1.165) is 11.1 Å². The van der Waals surface area contributed by atoms with Gasteiger partial charge in [-0.05, 0) is 49.1 Å². The molecule has 6 nitrogen and oxygen atoms in total. The van der Waals surface area contributed by atoms with Crippen LogP contribution in [0.15, 0.2) is 51.7 Å². The highest BCUT2D eigenvalue weighted by atomic mass is 35.5. The van der Waals surface area contributed by atoms with E-state index in [1.165, 1.54) is 11.0 Å². The van der Waals surface area contributed by atoms with Crippen molar-refractivity contribution in [3.63, 3.8) is 0 Å². The number of amides is 1. The Morgan fingerprint density at radius 3 is 2.61 bits per heavy atom. The van der Waals surface area contributed by atoms with Gasteiger partial charge < -0.3 is 9.32 Å². The molecule has 1 aliphatic heterocycles. The molecular formula is C23H22ClNO5S. The number of hydrogen-bond acceptors (Lipinski definition) is 5. The summed E-state index contributed by atoms with van der Waals surface area (Å²) >= 11 is 6.29. The second-order valence-electron chi connectivity index (χ2n) is 7.94. The quantitative estimate of drug-likeness (QED) is 0.590. The first-order valence-electron chi connectivity index (χ1n) is 9.95. The first kappa shape index (κ1) is 21.6. The number of aryl methyl sites for hydroxylation is 2. The molecule has 1 amide bonds. The van der Waals surface area contributed by atoms with E-state index in [-0.39, 0.29) is 29.2 Å². The first-order valence-corrected chi connectivity index (χ1v) is 12.1. The third kappa shape index (κ3) is 4.25. The molecule has 31 heavy (non-hydrogen) atoms. The van der Waals surface area contributed by atoms with Gasteiger partial charge in [-0.15, -0.1) is 0 Å². The molecule has 0 N–H and O–H groups in total. The van der Waals surface area contributed by atoms with E-state index in [1.807, 2.05) is 19.9 Å². The summed E-state index contributed by atoms with van der Waals surface area (Å²) in [6.45, 7) is 3.85. The van der Waals surface area contributed by atoms with Crippen molar-refractivity contribution in [3.8, 4) is 0 Å². The van der Waals surface area contributed by atoms with Crippen molar-refractivity contribution in [1.82, 2.24) is 4.90 Å². The van der Waals surface area contributed by atoms with Gasteiger partial charge >= 0.3 is 0 Å². The number of hydrogen-bond donors (Lipinski definition) is 0. The topological polar surface area (TPSA) is 84.7 Å². The summed E-state index contributed by atoms with van der Waals surface area (Å²) in [4.78, 5) is 27.6. The summed E-state index contributed by atoms with van der Waals surface area (Å²) < 4.78 is 30.1. The molecule has 0 spiro atoms. The number of sulfone groups is 1. The van der Waals surface area contributed by atoms with Gasteiger partial charge in [-0.2, -0.15) is 0 Å². The van der Waals surface area contributed by atoms with Crippen LogP contribution in [0.3, 0.4) is 0 Å². The normalized spacial score (nSPS) is 17.7. The summed E-state index contributed by atoms with van der Waals surface area (Å²) in [7, 11) is -3.23. The molecule has 1 aromatic heterocycles. The molecule has 2 aromatic carbocycles. The maximum atomic E-state index is 13.5. The Kier molecular flexibility index (Phi) is 5.66. The van der Waals surface area contributed by atoms with Crippen LogP contribution in [0.5, 0.6) is 0 Å². The van der Waals surface area contributed by atoms with Gasteiger partial charge in [0, 0.05) is 23.7 Å². The molecule has 8 heteroatoms. The minimum atomic E-state index is -3.23. The number of fused-ring (bicyclic) bond motifs is 1. The van der Waals surface area contributed by atoms with E-state index in [4.69, 9.17) is 16.0 Å². The summed E-state index contributed by atoms with van der Waals surface area (Å²) in [5.74, 6) is -0.743. The highest BCUT2D eigenvalue weighted by Gasteiger charge is 2.36. The van der Waals surface area contributed by atoms with Crippen molar-refractivity contribution >= 4 is 38.3 Å². The Hall–Kier alpha value is -2.64. The fourth-order valence-electron chi connectivity index (χ4n) is 3.90. The van der Waals surface area contributed by atoms with E-state index in [9.17, 15) is 18.0 Å². The van der Waals surface area contributed by atoms with Crippen LogP contribution in [0.1, 0.15) is 33.7 Å². The summed E-state index contributed by atoms with van der Waals surface area (Å²) in [6.07, 6.45) is 0.328. The van der Waals surface area contributed by atoms with Crippen LogP contribution in [-0.4, -0.2) is 36.8 Å². The number of halogens is 1. The smallest absolute Gasteiger partial charge is 0.290 e. The van der Waals surface area contributed by atoms with Gasteiger partial charge in [0.2, 0.25) is 0 Å². The molecule has 4 rings (SSSR count). The molecule has 1 fully saturated rings. The lowest BCUT2D eigenvalue weighted by molar-refractivity contribution is 0.0648. The lowest BCUT2D eigenvalue weighted by Crippen LogP contribution is -2.41. The maximum absolute atomic E-state index is 13.5. The minimum Gasteiger partial charge on any atom is -0.450 e. The summed E-state index contributed by atoms with van der Waals surface area (Å²) in [6, 6.07) is 11.3. The van der Waals surface area contributed by atoms with Crippen LogP contribution in [0.4, 0.5) is 0 Å². The predicted molar refractivity (Wildman–Crippen MR) is 120 cm³/mol. The van der Waals surface area contributed by atoms with E-state index < -0.39 is 21.8 Å². The zero-order valence-electron chi connectivity index (χ0n) is 17.2. The highest BCUT2D eigenvalue weighted by molar-refractivity contribution is 7.91. The van der Waals surface area contributed by atoms with Crippen molar-refractivity contribution in [2.24, 2.45) is 0 Å². The molecule has 1 unspecified atom stereocenters. The summed E-state index contributed by atoms with van der Waals surface area (Å²) in [5.41, 5.74) is 2.47. The van der Waals surface area contributed by atoms with Crippen LogP contribution < -0.4 is 5.43 Å². The second-order valence-corrected chi connectivity index (χ2v) is 10.6. The fraction of sp³-hybridized carbons (Fsp3) is 0.304. The van der Waals surface area contributed by atoms with Gasteiger partial charge in [-0.25, -0.2) is 8.42 Å². The first-order chi connectivity index (χ1) is 14.7. The second kappa shape index (κ2) is 8.13. The molecule has 3 aromatic rings. The van der Waals surface area contributed by atoms with Crippen LogP contribution >= 0.6 is 11.6 Å². The van der Waals surface area contributed by atoms with Crippen molar-refractivity contribution < 1.29 is 17.6 Å². The number of benzene rings is 2. The summed E-state index contributed by atoms with van der Waals surface area (Å²) in [5, 5.41) is 0.883. The maximum Gasteiger partial charge on any atom is 0.290 e.